The van der Waals surface area contributed by atoms with Crippen molar-refractivity contribution in [1.29, 1.82) is 0 Å². The van der Waals surface area contributed by atoms with E-state index in [0.29, 0.717) is 12.3 Å². The molecule has 1 N–H and O–H groups in total. The van der Waals surface area contributed by atoms with Crippen molar-refractivity contribution in [2.75, 3.05) is 33.2 Å². The highest BCUT2D eigenvalue weighted by Gasteiger charge is 2.38. The lowest BCUT2D eigenvalue weighted by molar-refractivity contribution is 0.00504. The molecule has 2 fully saturated rings. The third-order valence-corrected chi connectivity index (χ3v) is 4.09. The van der Waals surface area contributed by atoms with Gasteiger partial charge < -0.3 is 10.2 Å². The van der Waals surface area contributed by atoms with E-state index in [0.717, 1.165) is 19.6 Å². The van der Waals surface area contributed by atoms with Gasteiger partial charge >= 0.3 is 0 Å². The highest BCUT2D eigenvalue weighted by atomic mass is 19.3. The number of hydrogen-bond acceptors (Lipinski definition) is 2. The molecule has 0 aromatic carbocycles. The maximum Gasteiger partial charge on any atom is 0.248 e. The molecule has 2 unspecified atom stereocenters. The summed E-state index contributed by atoms with van der Waals surface area (Å²) >= 11 is 0. The minimum atomic E-state index is -2.39. The van der Waals surface area contributed by atoms with Crippen molar-refractivity contribution in [3.05, 3.63) is 0 Å². The van der Waals surface area contributed by atoms with E-state index in [1.54, 1.807) is 0 Å². The monoisotopic (exact) mass is 246 g/mol. The molecule has 1 heterocycles. The van der Waals surface area contributed by atoms with Crippen molar-refractivity contribution in [3.8, 4) is 0 Å². The summed E-state index contributed by atoms with van der Waals surface area (Å²) < 4.78 is 26.0. The molecule has 1 aliphatic carbocycles. The highest BCUT2D eigenvalue weighted by Crippen LogP contribution is 2.38. The van der Waals surface area contributed by atoms with Crippen LogP contribution >= 0.6 is 0 Å². The van der Waals surface area contributed by atoms with Gasteiger partial charge in [0.1, 0.15) is 0 Å². The minimum absolute atomic E-state index is 0.0879. The Morgan fingerprint density at radius 1 is 1.24 bits per heavy atom. The predicted octanol–water partition coefficient (Wildman–Crippen LogP) is 2.35. The van der Waals surface area contributed by atoms with Gasteiger partial charge in [0.15, 0.2) is 0 Å². The highest BCUT2D eigenvalue weighted by molar-refractivity contribution is 4.83. The Balaban J connectivity index is 1.60. The molecule has 1 aliphatic heterocycles. The van der Waals surface area contributed by atoms with Gasteiger partial charge in [-0.1, -0.05) is 0 Å². The first kappa shape index (κ1) is 13.2. The molecule has 2 aliphatic rings. The fraction of sp³-hybridized carbons (Fsp3) is 1.00. The fourth-order valence-electron chi connectivity index (χ4n) is 3.15. The molecule has 0 spiro atoms. The number of nitrogens with one attached hydrogen (secondary N) is 1. The second kappa shape index (κ2) is 5.61. The summed E-state index contributed by atoms with van der Waals surface area (Å²) in [6, 6.07) is 0. The summed E-state index contributed by atoms with van der Waals surface area (Å²) in [5.74, 6) is -1.50. The summed E-state index contributed by atoms with van der Waals surface area (Å²) in [5.41, 5.74) is 0. The van der Waals surface area contributed by atoms with Gasteiger partial charge in [0, 0.05) is 19.4 Å². The number of nitrogens with zero attached hydrogens (tertiary/aromatic N) is 1. The summed E-state index contributed by atoms with van der Waals surface area (Å²) in [5, 5.41) is 3.40. The van der Waals surface area contributed by atoms with Crippen LogP contribution in [0, 0.1) is 11.8 Å². The molecule has 0 aromatic rings. The molecular formula is C13H24F2N2. The van der Waals surface area contributed by atoms with Gasteiger partial charge in [0.25, 0.3) is 0 Å². The largest absolute Gasteiger partial charge is 0.316 e. The van der Waals surface area contributed by atoms with Gasteiger partial charge in [0.05, 0.1) is 0 Å². The molecule has 0 radical (unpaired) electrons. The number of likely N-dealkylation sites (tertiary alicyclic amines) is 1. The first-order chi connectivity index (χ1) is 8.05. The molecule has 2 atom stereocenters. The van der Waals surface area contributed by atoms with Gasteiger partial charge in [-0.25, -0.2) is 8.78 Å². The molecule has 2 rings (SSSR count). The fourth-order valence-corrected chi connectivity index (χ4v) is 3.15. The number of rotatable bonds is 4. The van der Waals surface area contributed by atoms with E-state index in [-0.39, 0.29) is 18.8 Å². The topological polar surface area (TPSA) is 15.3 Å². The van der Waals surface area contributed by atoms with Gasteiger partial charge in [-0.15, -0.1) is 0 Å². The van der Waals surface area contributed by atoms with Gasteiger partial charge in [-0.05, 0) is 57.8 Å². The molecule has 1 saturated heterocycles. The first-order valence-electron chi connectivity index (χ1n) is 6.82. The molecule has 100 valence electrons. The molecule has 0 bridgehead atoms. The van der Waals surface area contributed by atoms with Gasteiger partial charge in [-0.2, -0.15) is 0 Å². The first-order valence-corrected chi connectivity index (χ1v) is 6.82. The zero-order chi connectivity index (χ0) is 12.3. The summed E-state index contributed by atoms with van der Waals surface area (Å²) in [6.07, 6.45) is 3.41. The Morgan fingerprint density at radius 2 is 2.00 bits per heavy atom. The Morgan fingerprint density at radius 3 is 2.65 bits per heavy atom. The van der Waals surface area contributed by atoms with Crippen molar-refractivity contribution in [2.24, 2.45) is 11.8 Å². The lowest BCUT2D eigenvalue weighted by Crippen LogP contribution is -2.38. The molecule has 0 amide bonds. The van der Waals surface area contributed by atoms with Crippen LogP contribution in [-0.2, 0) is 0 Å². The number of piperidine rings is 1. The molecule has 1 saturated carbocycles. The smallest absolute Gasteiger partial charge is 0.248 e. The standard InChI is InChI=1S/C13H24F2N2/c1-17-6-2-3-12(10-17)9-16-8-11-4-5-13(14,15)7-11/h11-12,16H,2-10H2,1H3. The molecule has 2 nitrogen and oxygen atoms in total. The maximum absolute atomic E-state index is 13.0. The van der Waals surface area contributed by atoms with E-state index in [4.69, 9.17) is 0 Å². The minimum Gasteiger partial charge on any atom is -0.316 e. The van der Waals surface area contributed by atoms with E-state index < -0.39 is 5.92 Å². The van der Waals surface area contributed by atoms with E-state index in [1.807, 2.05) is 0 Å². The Bertz CT molecular complexity index is 244. The van der Waals surface area contributed by atoms with Crippen molar-refractivity contribution < 1.29 is 8.78 Å². The van der Waals surface area contributed by atoms with Gasteiger partial charge in [0.2, 0.25) is 5.92 Å². The maximum atomic E-state index is 13.0. The van der Waals surface area contributed by atoms with Crippen LogP contribution in [0.25, 0.3) is 0 Å². The number of halogens is 2. The van der Waals surface area contributed by atoms with Crippen LogP contribution in [-0.4, -0.2) is 44.0 Å². The SMILES string of the molecule is CN1CCCC(CNCC2CCC(F)(F)C2)C1. The van der Waals surface area contributed by atoms with Crippen LogP contribution in [0.5, 0.6) is 0 Å². The van der Waals surface area contributed by atoms with Crippen LogP contribution in [0.1, 0.15) is 32.1 Å². The Labute approximate surface area is 103 Å². The summed E-state index contributed by atoms with van der Waals surface area (Å²) in [6.45, 7) is 4.11. The summed E-state index contributed by atoms with van der Waals surface area (Å²) in [7, 11) is 2.16. The normalized spacial score (nSPS) is 34.1. The number of hydrogen-bond donors (Lipinski definition) is 1. The summed E-state index contributed by atoms with van der Waals surface area (Å²) in [4.78, 5) is 2.36. The van der Waals surface area contributed by atoms with E-state index >= 15 is 0 Å². The Kier molecular flexibility index (Phi) is 4.36. The van der Waals surface area contributed by atoms with E-state index in [9.17, 15) is 8.78 Å². The molecule has 17 heavy (non-hydrogen) atoms. The van der Waals surface area contributed by atoms with Crippen LogP contribution < -0.4 is 5.32 Å². The average Bonchev–Trinajstić information content (AvgIpc) is 2.58. The Hall–Kier alpha value is -0.220. The number of alkyl halides is 2. The second-order valence-corrected chi connectivity index (χ2v) is 5.89. The average molecular weight is 246 g/mol. The molecule has 4 heteroatoms. The van der Waals surface area contributed by atoms with E-state index in [2.05, 4.69) is 17.3 Å². The second-order valence-electron chi connectivity index (χ2n) is 5.89. The van der Waals surface area contributed by atoms with Gasteiger partial charge in [-0.3, -0.25) is 0 Å². The lowest BCUT2D eigenvalue weighted by Gasteiger charge is -2.30. The molecule has 0 aromatic heterocycles. The van der Waals surface area contributed by atoms with E-state index in [1.165, 1.54) is 19.4 Å². The third kappa shape index (κ3) is 4.18. The van der Waals surface area contributed by atoms with Crippen LogP contribution in [0.4, 0.5) is 8.78 Å². The van der Waals surface area contributed by atoms with Crippen molar-refractivity contribution in [3.63, 3.8) is 0 Å². The van der Waals surface area contributed by atoms with Crippen molar-refractivity contribution in [2.45, 2.75) is 38.0 Å². The molecular weight excluding hydrogens is 222 g/mol. The van der Waals surface area contributed by atoms with Crippen LogP contribution in [0.2, 0.25) is 0 Å². The quantitative estimate of drug-likeness (QED) is 0.819. The zero-order valence-corrected chi connectivity index (χ0v) is 10.7. The van der Waals surface area contributed by atoms with Crippen molar-refractivity contribution >= 4 is 0 Å². The zero-order valence-electron chi connectivity index (χ0n) is 10.7. The third-order valence-electron chi connectivity index (χ3n) is 4.09. The van der Waals surface area contributed by atoms with Crippen molar-refractivity contribution in [1.82, 2.24) is 10.2 Å². The van der Waals surface area contributed by atoms with Crippen LogP contribution in [0.3, 0.4) is 0 Å². The predicted molar refractivity (Wildman–Crippen MR) is 65.4 cm³/mol. The van der Waals surface area contributed by atoms with Crippen LogP contribution in [0.15, 0.2) is 0 Å². The lowest BCUT2D eigenvalue weighted by atomic mass is 9.98.